The van der Waals surface area contributed by atoms with Gasteiger partial charge in [-0.25, -0.2) is 0 Å². The zero-order valence-electron chi connectivity index (χ0n) is 10.6. The second-order valence-corrected chi connectivity index (χ2v) is 4.09. The monoisotopic (exact) mass is 235 g/mol. The molecule has 1 rings (SSSR count). The molecule has 92 valence electrons. The topological polar surface area (TPSA) is 55.4 Å². The average molecular weight is 235 g/mol. The number of aryl methyl sites for hydroxylation is 2. The number of carbonyl (C=O) groups is 2. The molecule has 0 spiro atoms. The summed E-state index contributed by atoms with van der Waals surface area (Å²) in [6.07, 6.45) is -0.115. The Kier molecular flexibility index (Phi) is 4.26. The number of nitrogens with one attached hydrogen (secondary N) is 1. The summed E-state index contributed by atoms with van der Waals surface area (Å²) in [5, 5.41) is 2.70. The lowest BCUT2D eigenvalue weighted by atomic mass is 10.1. The molecule has 17 heavy (non-hydrogen) atoms. The maximum atomic E-state index is 11.5. The molecule has 0 aliphatic rings. The third kappa shape index (κ3) is 3.59. The van der Waals surface area contributed by atoms with E-state index in [1.54, 1.807) is 7.11 Å². The SMILES string of the molecule is COc1cc(C)cc(C)c1NC(=O)CC(C)=O. The van der Waals surface area contributed by atoms with Crippen molar-refractivity contribution in [3.63, 3.8) is 0 Å². The predicted molar refractivity (Wildman–Crippen MR) is 66.4 cm³/mol. The molecule has 1 aromatic rings. The molecule has 1 N–H and O–H groups in total. The van der Waals surface area contributed by atoms with Gasteiger partial charge in [-0.2, -0.15) is 0 Å². The summed E-state index contributed by atoms with van der Waals surface area (Å²) < 4.78 is 5.21. The van der Waals surface area contributed by atoms with E-state index in [9.17, 15) is 9.59 Å². The van der Waals surface area contributed by atoms with Gasteiger partial charge >= 0.3 is 0 Å². The molecule has 0 aliphatic heterocycles. The van der Waals surface area contributed by atoms with Crippen LogP contribution in [0.15, 0.2) is 12.1 Å². The molecule has 4 heteroatoms. The van der Waals surface area contributed by atoms with E-state index in [2.05, 4.69) is 5.32 Å². The van der Waals surface area contributed by atoms with E-state index in [4.69, 9.17) is 4.74 Å². The van der Waals surface area contributed by atoms with Crippen LogP contribution in [-0.4, -0.2) is 18.8 Å². The van der Waals surface area contributed by atoms with Crippen LogP contribution < -0.4 is 10.1 Å². The smallest absolute Gasteiger partial charge is 0.231 e. The fraction of sp³-hybridized carbons (Fsp3) is 0.385. The Bertz CT molecular complexity index is 452. The first-order chi connectivity index (χ1) is 7.93. The Labute approximate surface area is 101 Å². The summed E-state index contributed by atoms with van der Waals surface area (Å²) in [4.78, 5) is 22.4. The summed E-state index contributed by atoms with van der Waals surface area (Å²) in [5.41, 5.74) is 2.60. The fourth-order valence-corrected chi connectivity index (χ4v) is 1.66. The van der Waals surface area contributed by atoms with Crippen molar-refractivity contribution < 1.29 is 14.3 Å². The van der Waals surface area contributed by atoms with Crippen LogP contribution in [0.3, 0.4) is 0 Å². The highest BCUT2D eigenvalue weighted by Crippen LogP contribution is 2.29. The number of carbonyl (C=O) groups excluding carboxylic acids is 2. The van der Waals surface area contributed by atoms with Gasteiger partial charge in [0, 0.05) is 0 Å². The van der Waals surface area contributed by atoms with Gasteiger partial charge in [-0.3, -0.25) is 9.59 Å². The van der Waals surface area contributed by atoms with E-state index >= 15 is 0 Å². The fourth-order valence-electron chi connectivity index (χ4n) is 1.66. The van der Waals surface area contributed by atoms with Crippen LogP contribution in [0.2, 0.25) is 0 Å². The lowest BCUT2D eigenvalue weighted by Gasteiger charge is -2.13. The second kappa shape index (κ2) is 5.48. The van der Waals surface area contributed by atoms with E-state index in [1.165, 1.54) is 6.92 Å². The van der Waals surface area contributed by atoms with Crippen LogP contribution in [0.25, 0.3) is 0 Å². The largest absolute Gasteiger partial charge is 0.495 e. The van der Waals surface area contributed by atoms with Gasteiger partial charge < -0.3 is 10.1 Å². The lowest BCUT2D eigenvalue weighted by molar-refractivity contribution is -0.124. The molecule has 0 bridgehead atoms. The van der Waals surface area contributed by atoms with Gasteiger partial charge in [0.1, 0.15) is 11.5 Å². The number of rotatable bonds is 4. The lowest BCUT2D eigenvalue weighted by Crippen LogP contribution is -2.16. The van der Waals surface area contributed by atoms with Gasteiger partial charge in [-0.15, -0.1) is 0 Å². The first kappa shape index (κ1) is 13.2. The second-order valence-electron chi connectivity index (χ2n) is 4.09. The summed E-state index contributed by atoms with van der Waals surface area (Å²) in [6.45, 7) is 5.23. The minimum Gasteiger partial charge on any atom is -0.495 e. The Morgan fingerprint density at radius 3 is 2.47 bits per heavy atom. The maximum Gasteiger partial charge on any atom is 0.231 e. The minimum absolute atomic E-state index is 0.115. The highest BCUT2D eigenvalue weighted by Gasteiger charge is 2.12. The van der Waals surface area contributed by atoms with Gasteiger partial charge in [0.2, 0.25) is 5.91 Å². The van der Waals surface area contributed by atoms with Gasteiger partial charge in [-0.1, -0.05) is 6.07 Å². The van der Waals surface area contributed by atoms with E-state index < -0.39 is 0 Å². The number of hydrogen-bond acceptors (Lipinski definition) is 3. The maximum absolute atomic E-state index is 11.5. The average Bonchev–Trinajstić information content (AvgIpc) is 2.20. The summed E-state index contributed by atoms with van der Waals surface area (Å²) in [6, 6.07) is 3.79. The van der Waals surface area contributed by atoms with Crippen molar-refractivity contribution in [3.05, 3.63) is 23.3 Å². The summed E-state index contributed by atoms with van der Waals surface area (Å²) in [5.74, 6) is 0.133. The van der Waals surface area contributed by atoms with E-state index in [0.717, 1.165) is 11.1 Å². The Balaban J connectivity index is 2.97. The molecule has 0 aromatic heterocycles. The molecule has 1 amide bonds. The minimum atomic E-state index is -0.317. The first-order valence-electron chi connectivity index (χ1n) is 5.38. The molecule has 4 nitrogen and oxygen atoms in total. The number of anilines is 1. The van der Waals surface area contributed by atoms with Crippen LogP contribution in [0.1, 0.15) is 24.5 Å². The normalized spacial score (nSPS) is 9.88. The van der Waals surface area contributed by atoms with Crippen LogP contribution in [0.4, 0.5) is 5.69 Å². The van der Waals surface area contributed by atoms with Crippen molar-refractivity contribution in [2.75, 3.05) is 12.4 Å². The van der Waals surface area contributed by atoms with Crippen molar-refractivity contribution in [1.82, 2.24) is 0 Å². The third-order valence-corrected chi connectivity index (χ3v) is 2.34. The number of ether oxygens (including phenoxy) is 1. The molecule has 0 fully saturated rings. The van der Waals surface area contributed by atoms with Gasteiger partial charge in [-0.05, 0) is 38.0 Å². The van der Waals surface area contributed by atoms with Crippen LogP contribution in [0.5, 0.6) is 5.75 Å². The molecule has 0 atom stereocenters. The number of Topliss-reactive ketones (excluding diaryl/α,β-unsaturated/α-hetero) is 1. The van der Waals surface area contributed by atoms with Gasteiger partial charge in [0.15, 0.2) is 0 Å². The number of methoxy groups -OCH3 is 1. The van der Waals surface area contributed by atoms with Crippen LogP contribution in [0, 0.1) is 13.8 Å². The van der Waals surface area contributed by atoms with Crippen molar-refractivity contribution >= 4 is 17.4 Å². The number of amides is 1. The van der Waals surface area contributed by atoms with E-state index in [0.29, 0.717) is 11.4 Å². The molecular formula is C13H17NO3. The molecule has 0 radical (unpaired) electrons. The van der Waals surface area contributed by atoms with Crippen LogP contribution in [-0.2, 0) is 9.59 Å². The van der Waals surface area contributed by atoms with Crippen LogP contribution >= 0.6 is 0 Å². The van der Waals surface area contributed by atoms with Crippen molar-refractivity contribution in [1.29, 1.82) is 0 Å². The number of ketones is 1. The van der Waals surface area contributed by atoms with E-state index in [1.807, 2.05) is 26.0 Å². The number of hydrogen-bond donors (Lipinski definition) is 1. The zero-order valence-corrected chi connectivity index (χ0v) is 10.6. The summed E-state index contributed by atoms with van der Waals surface area (Å²) >= 11 is 0. The standard InChI is InChI=1S/C13H17NO3/c1-8-5-9(2)13(11(6-8)17-4)14-12(16)7-10(3)15/h5-6H,7H2,1-4H3,(H,14,16). The Morgan fingerprint density at radius 2 is 1.94 bits per heavy atom. The van der Waals surface area contributed by atoms with Gasteiger partial charge in [0.25, 0.3) is 0 Å². The first-order valence-corrected chi connectivity index (χ1v) is 5.38. The quantitative estimate of drug-likeness (QED) is 0.814. The molecule has 0 heterocycles. The summed E-state index contributed by atoms with van der Waals surface area (Å²) in [7, 11) is 1.55. The molecule has 0 aliphatic carbocycles. The Morgan fingerprint density at radius 1 is 1.29 bits per heavy atom. The molecule has 1 aromatic carbocycles. The zero-order chi connectivity index (χ0) is 13.0. The molecular weight excluding hydrogens is 218 g/mol. The van der Waals surface area contributed by atoms with E-state index in [-0.39, 0.29) is 18.1 Å². The molecule has 0 unspecified atom stereocenters. The Hall–Kier alpha value is -1.84. The van der Waals surface area contributed by atoms with Gasteiger partial charge in [0.05, 0.1) is 19.2 Å². The van der Waals surface area contributed by atoms with Crippen molar-refractivity contribution in [2.45, 2.75) is 27.2 Å². The molecule has 0 saturated carbocycles. The van der Waals surface area contributed by atoms with Crippen molar-refractivity contribution in [3.8, 4) is 5.75 Å². The highest BCUT2D eigenvalue weighted by atomic mass is 16.5. The number of benzene rings is 1. The molecule has 0 saturated heterocycles. The third-order valence-electron chi connectivity index (χ3n) is 2.34. The predicted octanol–water partition coefficient (Wildman–Crippen LogP) is 2.23. The highest BCUT2D eigenvalue weighted by molar-refractivity contribution is 6.04. The van der Waals surface area contributed by atoms with Crippen molar-refractivity contribution in [2.24, 2.45) is 0 Å².